The predicted octanol–water partition coefficient (Wildman–Crippen LogP) is -3.80. The van der Waals surface area contributed by atoms with Gasteiger partial charge in [-0.1, -0.05) is 0 Å². The zero-order chi connectivity index (χ0) is 14.9. The minimum atomic E-state index is -1.16. The van der Waals surface area contributed by atoms with Gasteiger partial charge >= 0.3 is 5.69 Å². The topological polar surface area (TPSA) is 181 Å². The maximum absolute atomic E-state index is 11.9. The highest BCUT2D eigenvalue weighted by Crippen LogP contribution is 2.33. The maximum Gasteiger partial charge on any atom is 0.347 e. The van der Waals surface area contributed by atoms with Crippen LogP contribution in [-0.4, -0.2) is 39.7 Å². The summed E-state index contributed by atoms with van der Waals surface area (Å²) < 4.78 is 5.81. The van der Waals surface area contributed by atoms with Gasteiger partial charge in [-0.05, 0) is 0 Å². The van der Waals surface area contributed by atoms with E-state index in [0.717, 1.165) is 6.20 Å². The summed E-state index contributed by atoms with van der Waals surface area (Å²) in [6, 6.07) is 0. The van der Waals surface area contributed by atoms with Gasteiger partial charge in [-0.25, -0.2) is 16.6 Å². The Bertz CT molecular complexity index is 585. The molecule has 20 heavy (non-hydrogen) atoms. The van der Waals surface area contributed by atoms with Crippen LogP contribution >= 0.6 is 0 Å². The van der Waals surface area contributed by atoms with Crippen LogP contribution in [0.5, 0.6) is 0 Å². The van der Waals surface area contributed by atoms with Crippen molar-refractivity contribution in [3.8, 4) is 0 Å². The van der Waals surface area contributed by atoms with Gasteiger partial charge in [0.05, 0.1) is 12.2 Å². The number of hydrogen-bond acceptors (Lipinski definition) is 9. The second-order valence-electron chi connectivity index (χ2n) is 4.24. The van der Waals surface area contributed by atoms with Crippen molar-refractivity contribution in [1.82, 2.24) is 9.66 Å². The van der Waals surface area contributed by atoms with Gasteiger partial charge in [-0.3, -0.25) is 9.63 Å². The Labute approximate surface area is 111 Å². The van der Waals surface area contributed by atoms with Crippen molar-refractivity contribution in [3.05, 3.63) is 32.6 Å². The molecule has 1 aromatic heterocycles. The van der Waals surface area contributed by atoms with Crippen LogP contribution in [0.15, 0.2) is 15.8 Å². The molecule has 11 nitrogen and oxygen atoms in total. The highest BCUT2D eigenvalue weighted by molar-refractivity contribution is 5.14. The standard InChI is InChI=1S/C9H15N5O6/c10-14-8(16)3(1-13-9(14)17)6-7(20-12)5(15)4(19-6)2-18-11/h1,4-7,15H,2,10-12H2,(H,13,17)/t4-,5?,6+,7?/m1/s1. The van der Waals surface area contributed by atoms with Crippen molar-refractivity contribution in [2.75, 3.05) is 12.4 Å². The quantitative estimate of drug-likeness (QED) is 0.274. The van der Waals surface area contributed by atoms with Gasteiger partial charge in [0.2, 0.25) is 0 Å². The van der Waals surface area contributed by atoms with E-state index in [0.29, 0.717) is 4.68 Å². The monoisotopic (exact) mass is 289 g/mol. The lowest BCUT2D eigenvalue weighted by atomic mass is 10.0. The van der Waals surface area contributed by atoms with Crippen LogP contribution in [0.3, 0.4) is 0 Å². The fraction of sp³-hybridized carbons (Fsp3) is 0.556. The van der Waals surface area contributed by atoms with Gasteiger partial charge in [-0.2, -0.15) is 4.68 Å². The molecule has 0 bridgehead atoms. The first-order valence-corrected chi connectivity index (χ1v) is 5.61. The van der Waals surface area contributed by atoms with E-state index in [9.17, 15) is 14.7 Å². The zero-order valence-corrected chi connectivity index (χ0v) is 10.3. The van der Waals surface area contributed by atoms with E-state index in [2.05, 4.69) is 14.7 Å². The molecule has 0 aromatic carbocycles. The number of ether oxygens (including phenoxy) is 1. The van der Waals surface area contributed by atoms with E-state index in [4.69, 9.17) is 22.4 Å². The number of aromatic amines is 1. The molecule has 1 aliphatic rings. The summed E-state index contributed by atoms with van der Waals surface area (Å²) in [6.07, 6.45) is -2.92. The minimum Gasteiger partial charge on any atom is -0.387 e. The Balaban J connectivity index is 2.39. The smallest absolute Gasteiger partial charge is 0.347 e. The number of H-pyrrole nitrogens is 1. The van der Waals surface area contributed by atoms with Crippen LogP contribution in [-0.2, 0) is 14.4 Å². The molecule has 112 valence electrons. The number of nitrogens with one attached hydrogen (secondary N) is 1. The van der Waals surface area contributed by atoms with E-state index in [1.807, 2.05) is 0 Å². The highest BCUT2D eigenvalue weighted by atomic mass is 16.7. The Kier molecular flexibility index (Phi) is 4.17. The van der Waals surface area contributed by atoms with Crippen LogP contribution in [0.25, 0.3) is 0 Å². The van der Waals surface area contributed by atoms with Gasteiger partial charge in [0.15, 0.2) is 0 Å². The predicted molar refractivity (Wildman–Crippen MR) is 64.3 cm³/mol. The Morgan fingerprint density at radius 3 is 2.75 bits per heavy atom. The molecule has 0 aliphatic carbocycles. The van der Waals surface area contributed by atoms with Gasteiger partial charge in [0.1, 0.15) is 24.4 Å². The summed E-state index contributed by atoms with van der Waals surface area (Å²) in [7, 11) is 0. The molecule has 2 heterocycles. The summed E-state index contributed by atoms with van der Waals surface area (Å²) in [5.74, 6) is 15.3. The van der Waals surface area contributed by atoms with Crippen molar-refractivity contribution < 1.29 is 19.5 Å². The Hall–Kier alpha value is -1.76. The first-order chi connectivity index (χ1) is 9.51. The third-order valence-corrected chi connectivity index (χ3v) is 3.10. The zero-order valence-electron chi connectivity index (χ0n) is 10.3. The lowest BCUT2D eigenvalue weighted by Gasteiger charge is -2.17. The minimum absolute atomic E-state index is 0.0129. The third kappa shape index (κ3) is 2.33. The van der Waals surface area contributed by atoms with Gasteiger partial charge in [-0.15, -0.1) is 0 Å². The summed E-state index contributed by atoms with van der Waals surface area (Å²) in [4.78, 5) is 34.4. The van der Waals surface area contributed by atoms with Gasteiger partial charge < -0.3 is 25.5 Å². The van der Waals surface area contributed by atoms with E-state index in [1.165, 1.54) is 0 Å². The lowest BCUT2D eigenvalue weighted by Crippen LogP contribution is -2.44. The molecular formula is C9H15N5O6. The average Bonchev–Trinajstić information content (AvgIpc) is 2.73. The fourth-order valence-corrected chi connectivity index (χ4v) is 2.08. The number of hydrogen-bond donors (Lipinski definition) is 5. The molecule has 0 saturated carbocycles. The molecule has 1 saturated heterocycles. The van der Waals surface area contributed by atoms with Crippen molar-refractivity contribution in [1.29, 1.82) is 0 Å². The van der Waals surface area contributed by atoms with Crippen molar-refractivity contribution >= 4 is 0 Å². The maximum atomic E-state index is 11.9. The Morgan fingerprint density at radius 1 is 1.45 bits per heavy atom. The second-order valence-corrected chi connectivity index (χ2v) is 4.24. The number of nitrogen functional groups attached to an aromatic ring is 1. The van der Waals surface area contributed by atoms with E-state index in [-0.39, 0.29) is 12.2 Å². The SMILES string of the molecule is NOC[C@H]1O[C@@H](c2c[nH]c(=O)n(N)c2=O)C(ON)C1O. The molecule has 0 spiro atoms. The summed E-state index contributed by atoms with van der Waals surface area (Å²) in [6.45, 7) is -0.127. The number of rotatable bonds is 4. The van der Waals surface area contributed by atoms with Crippen LogP contribution in [0, 0.1) is 0 Å². The summed E-state index contributed by atoms with van der Waals surface area (Å²) >= 11 is 0. The van der Waals surface area contributed by atoms with Crippen molar-refractivity contribution in [2.24, 2.45) is 11.8 Å². The molecule has 1 fully saturated rings. The number of aromatic nitrogens is 2. The molecule has 2 unspecified atom stereocenters. The summed E-state index contributed by atoms with van der Waals surface area (Å²) in [5, 5.41) is 9.95. The number of nitrogens with two attached hydrogens (primary N) is 3. The highest BCUT2D eigenvalue weighted by Gasteiger charge is 2.46. The molecule has 0 amide bonds. The fourth-order valence-electron chi connectivity index (χ4n) is 2.08. The van der Waals surface area contributed by atoms with Crippen LogP contribution in [0.1, 0.15) is 11.7 Å². The van der Waals surface area contributed by atoms with E-state index < -0.39 is 35.7 Å². The van der Waals surface area contributed by atoms with Crippen LogP contribution < -0.4 is 28.9 Å². The third-order valence-electron chi connectivity index (χ3n) is 3.10. The van der Waals surface area contributed by atoms with Crippen LogP contribution in [0.4, 0.5) is 0 Å². The molecule has 2 rings (SSSR count). The first kappa shape index (κ1) is 14.6. The van der Waals surface area contributed by atoms with E-state index in [1.54, 1.807) is 0 Å². The Morgan fingerprint density at radius 2 is 2.15 bits per heavy atom. The van der Waals surface area contributed by atoms with Gasteiger partial charge in [0.25, 0.3) is 5.56 Å². The average molecular weight is 289 g/mol. The molecule has 1 aliphatic heterocycles. The van der Waals surface area contributed by atoms with E-state index >= 15 is 0 Å². The van der Waals surface area contributed by atoms with Crippen molar-refractivity contribution in [3.63, 3.8) is 0 Å². The lowest BCUT2D eigenvalue weighted by molar-refractivity contribution is -0.0464. The summed E-state index contributed by atoms with van der Waals surface area (Å²) in [5.41, 5.74) is -1.59. The van der Waals surface area contributed by atoms with Crippen molar-refractivity contribution in [2.45, 2.75) is 24.4 Å². The molecule has 11 heteroatoms. The second kappa shape index (κ2) is 5.70. The van der Waals surface area contributed by atoms with Gasteiger partial charge in [0, 0.05) is 6.20 Å². The number of nitrogens with zero attached hydrogens (tertiary/aromatic N) is 1. The van der Waals surface area contributed by atoms with Crippen LogP contribution in [0.2, 0.25) is 0 Å². The number of aliphatic hydroxyl groups excluding tert-OH is 1. The largest absolute Gasteiger partial charge is 0.387 e. The molecular weight excluding hydrogens is 274 g/mol. The molecule has 8 N–H and O–H groups in total. The molecule has 1 aromatic rings. The normalized spacial score (nSPS) is 29.8. The first-order valence-electron chi connectivity index (χ1n) is 5.61. The molecule has 4 atom stereocenters. The molecule has 0 radical (unpaired) electrons. The number of aliphatic hydroxyl groups is 1.